The lowest BCUT2D eigenvalue weighted by molar-refractivity contribution is 0.0964. The number of hydrogen-bond acceptors (Lipinski definition) is 6. The van der Waals surface area contributed by atoms with Crippen LogP contribution in [0.2, 0.25) is 0 Å². The van der Waals surface area contributed by atoms with Gasteiger partial charge in [-0.15, -0.1) is 0 Å². The summed E-state index contributed by atoms with van der Waals surface area (Å²) in [6.45, 7) is 0.681. The van der Waals surface area contributed by atoms with Crippen LogP contribution in [0.5, 0.6) is 0 Å². The van der Waals surface area contributed by atoms with E-state index in [0.29, 0.717) is 39.8 Å². The van der Waals surface area contributed by atoms with Crippen LogP contribution in [0.15, 0.2) is 71.1 Å². The topological polar surface area (TPSA) is 110 Å². The van der Waals surface area contributed by atoms with Gasteiger partial charge in [-0.2, -0.15) is 4.98 Å². The van der Waals surface area contributed by atoms with Crippen molar-refractivity contribution in [1.82, 2.24) is 19.9 Å². The molecule has 2 aromatic carbocycles. The fraction of sp³-hybridized carbons (Fsp3) is 0.182. The average Bonchev–Trinajstić information content (AvgIpc) is 3.53. The lowest BCUT2D eigenvalue weighted by atomic mass is 10.0. The number of carbonyl (C=O) groups excluding carboxylic acids is 1. The van der Waals surface area contributed by atoms with Gasteiger partial charge in [-0.1, -0.05) is 12.1 Å². The molecule has 0 fully saturated rings. The van der Waals surface area contributed by atoms with E-state index in [1.807, 2.05) is 12.1 Å². The highest BCUT2D eigenvalue weighted by atomic mass is 32.2. The number of pyridine rings is 2. The van der Waals surface area contributed by atoms with Gasteiger partial charge in [0.15, 0.2) is 5.82 Å². The monoisotopic (exact) mass is 627 g/mol. The Bertz CT molecular complexity index is 2280. The van der Waals surface area contributed by atoms with E-state index in [0.717, 1.165) is 40.2 Å². The quantitative estimate of drug-likeness (QED) is 0.245. The van der Waals surface area contributed by atoms with E-state index in [4.69, 9.17) is 9.40 Å². The van der Waals surface area contributed by atoms with Crippen LogP contribution < -0.4 is 9.62 Å². The van der Waals surface area contributed by atoms with Crippen LogP contribution in [0.4, 0.5) is 14.6 Å². The smallest absolute Gasteiger partial charge is 0.255 e. The van der Waals surface area contributed by atoms with Gasteiger partial charge in [0.05, 0.1) is 39.8 Å². The van der Waals surface area contributed by atoms with Crippen LogP contribution in [0, 0.1) is 11.6 Å². The van der Waals surface area contributed by atoms with E-state index in [-0.39, 0.29) is 28.7 Å². The molecule has 1 aliphatic rings. The molecule has 1 aliphatic heterocycles. The molecule has 1 amide bonds. The average molecular weight is 628 g/mol. The van der Waals surface area contributed by atoms with Gasteiger partial charge in [-0.25, -0.2) is 22.2 Å². The molecule has 12 heteroatoms. The Kier molecular flexibility index (Phi) is 6.70. The molecule has 0 radical (unpaired) electrons. The number of furan rings is 1. The van der Waals surface area contributed by atoms with Crippen LogP contribution in [-0.4, -0.2) is 49.2 Å². The minimum atomic E-state index is -3.80. The van der Waals surface area contributed by atoms with Gasteiger partial charge >= 0.3 is 0 Å². The number of rotatable bonds is 5. The van der Waals surface area contributed by atoms with Crippen LogP contribution >= 0.6 is 0 Å². The van der Waals surface area contributed by atoms with E-state index in [1.165, 1.54) is 44.4 Å². The van der Waals surface area contributed by atoms with E-state index in [1.54, 1.807) is 24.3 Å². The standard InChI is InChI=1S/C33H27F2N5O4S/c1-36-32(41)28-23-16-22(31(39(2)45(3,42)43)38-33(23)44-30(28)19-9-12-20(34)13-10-19)25-14-11-18-6-5-15-40-26-8-4-7-24(35)21(26)17-27(40)29(18)37-25/h4,7-14,16-17H,5-6,15H2,1-3H3,(H,36,41). The highest BCUT2D eigenvalue weighted by molar-refractivity contribution is 7.92. The van der Waals surface area contributed by atoms with Gasteiger partial charge in [0.1, 0.15) is 17.4 Å². The number of sulfonamides is 1. The molecule has 1 N–H and O–H groups in total. The second-order valence-electron chi connectivity index (χ2n) is 11.0. The zero-order valence-corrected chi connectivity index (χ0v) is 25.4. The van der Waals surface area contributed by atoms with E-state index < -0.39 is 21.7 Å². The Hall–Kier alpha value is -5.10. The van der Waals surface area contributed by atoms with Gasteiger partial charge in [-0.05, 0) is 73.0 Å². The first kappa shape index (κ1) is 28.7. The summed E-state index contributed by atoms with van der Waals surface area (Å²) in [4.78, 5) is 22.9. The molecule has 6 aromatic rings. The predicted molar refractivity (Wildman–Crippen MR) is 168 cm³/mol. The maximum absolute atomic E-state index is 14.8. The van der Waals surface area contributed by atoms with Crippen molar-refractivity contribution in [1.29, 1.82) is 0 Å². The normalized spacial score (nSPS) is 13.0. The highest BCUT2D eigenvalue weighted by Gasteiger charge is 2.28. The molecule has 0 saturated carbocycles. The lowest BCUT2D eigenvalue weighted by Crippen LogP contribution is -2.26. The lowest BCUT2D eigenvalue weighted by Gasteiger charge is -2.19. The van der Waals surface area contributed by atoms with Crippen molar-refractivity contribution in [2.24, 2.45) is 0 Å². The summed E-state index contributed by atoms with van der Waals surface area (Å²) in [6, 6.07) is 17.6. The summed E-state index contributed by atoms with van der Waals surface area (Å²) in [5.74, 6) is -1.04. The molecular formula is C33H27F2N5O4S. The molecule has 7 rings (SSSR count). The maximum Gasteiger partial charge on any atom is 0.255 e. The van der Waals surface area contributed by atoms with Crippen LogP contribution in [0.25, 0.3) is 56.0 Å². The third-order valence-corrected chi connectivity index (χ3v) is 9.40. The largest absolute Gasteiger partial charge is 0.437 e. The van der Waals surface area contributed by atoms with Gasteiger partial charge in [0.25, 0.3) is 5.91 Å². The Balaban J connectivity index is 1.51. The van der Waals surface area contributed by atoms with E-state index >= 15 is 0 Å². The van der Waals surface area contributed by atoms with Gasteiger partial charge in [0.2, 0.25) is 15.7 Å². The Morgan fingerprint density at radius 2 is 1.80 bits per heavy atom. The maximum atomic E-state index is 14.8. The minimum absolute atomic E-state index is 0.0209. The predicted octanol–water partition coefficient (Wildman–Crippen LogP) is 6.16. The summed E-state index contributed by atoms with van der Waals surface area (Å²) in [7, 11) is -0.942. The van der Waals surface area contributed by atoms with Gasteiger partial charge in [-0.3, -0.25) is 9.10 Å². The summed E-state index contributed by atoms with van der Waals surface area (Å²) in [5, 5.41) is 3.44. The fourth-order valence-electron chi connectivity index (χ4n) is 5.93. The van der Waals surface area contributed by atoms with Crippen molar-refractivity contribution in [2.75, 3.05) is 24.7 Å². The molecule has 4 aromatic heterocycles. The molecule has 0 bridgehead atoms. The number of nitrogens with one attached hydrogen (secondary N) is 1. The molecule has 0 spiro atoms. The molecule has 228 valence electrons. The molecule has 0 saturated heterocycles. The number of amides is 1. The first-order valence-electron chi connectivity index (χ1n) is 14.2. The van der Waals surface area contributed by atoms with E-state index in [9.17, 15) is 22.0 Å². The van der Waals surface area contributed by atoms with Gasteiger partial charge in [0, 0.05) is 37.2 Å². The van der Waals surface area contributed by atoms with Crippen LogP contribution in [0.3, 0.4) is 0 Å². The van der Waals surface area contributed by atoms with Crippen LogP contribution in [0.1, 0.15) is 22.3 Å². The first-order valence-corrected chi connectivity index (χ1v) is 16.1. The minimum Gasteiger partial charge on any atom is -0.437 e. The fourth-order valence-corrected chi connectivity index (χ4v) is 6.38. The molecule has 0 aliphatic carbocycles. The number of aromatic nitrogens is 3. The summed E-state index contributed by atoms with van der Waals surface area (Å²) < 4.78 is 63.3. The molecule has 5 heterocycles. The number of carbonyl (C=O) groups is 1. The zero-order valence-electron chi connectivity index (χ0n) is 24.6. The summed E-state index contributed by atoms with van der Waals surface area (Å²) >= 11 is 0. The summed E-state index contributed by atoms with van der Waals surface area (Å²) in [5.41, 5.74) is 4.51. The van der Waals surface area contributed by atoms with Crippen LogP contribution in [-0.2, 0) is 23.0 Å². The van der Waals surface area contributed by atoms with Crippen molar-refractivity contribution < 1.29 is 26.4 Å². The SMILES string of the molecule is CNC(=O)c1c(-c2ccc(F)cc2)oc2nc(N(C)S(C)(=O)=O)c(-c3ccc4c(n3)-c3cc5c(F)cccc5n3CCC4)cc12. The molecule has 9 nitrogen and oxygen atoms in total. The highest BCUT2D eigenvalue weighted by Crippen LogP contribution is 2.41. The number of benzene rings is 2. The number of halogens is 2. The molecular weight excluding hydrogens is 600 g/mol. The second kappa shape index (κ2) is 10.5. The van der Waals surface area contributed by atoms with Crippen molar-refractivity contribution in [3.8, 4) is 34.0 Å². The third-order valence-electron chi connectivity index (χ3n) is 8.24. The van der Waals surface area contributed by atoms with Crippen molar-refractivity contribution in [2.45, 2.75) is 19.4 Å². The Labute approximate surface area is 257 Å². The molecule has 0 atom stereocenters. The van der Waals surface area contributed by atoms with Crippen molar-refractivity contribution in [3.05, 3.63) is 89.5 Å². The van der Waals surface area contributed by atoms with E-state index in [2.05, 4.69) is 14.9 Å². The number of hydrogen-bond donors (Lipinski definition) is 1. The molecule has 0 unspecified atom stereocenters. The third kappa shape index (κ3) is 4.72. The Morgan fingerprint density at radius 1 is 1.02 bits per heavy atom. The zero-order chi connectivity index (χ0) is 31.6. The Morgan fingerprint density at radius 3 is 2.53 bits per heavy atom. The second-order valence-corrected chi connectivity index (χ2v) is 13.0. The van der Waals surface area contributed by atoms with Gasteiger partial charge < -0.3 is 14.3 Å². The van der Waals surface area contributed by atoms with Crippen molar-refractivity contribution in [3.63, 3.8) is 0 Å². The first-order chi connectivity index (χ1) is 21.5. The number of fused-ring (bicyclic) bond motifs is 6. The summed E-state index contributed by atoms with van der Waals surface area (Å²) in [6.07, 6.45) is 2.63. The number of nitrogens with zero attached hydrogens (tertiary/aromatic N) is 4. The molecule has 45 heavy (non-hydrogen) atoms. The van der Waals surface area contributed by atoms with Crippen molar-refractivity contribution >= 4 is 43.8 Å². The number of anilines is 1. The number of aryl methyl sites for hydroxylation is 2.